The van der Waals surface area contributed by atoms with Crippen LogP contribution >= 0.6 is 11.6 Å². The minimum absolute atomic E-state index is 0.00431. The Morgan fingerprint density at radius 3 is 2.09 bits per heavy atom. The molecule has 0 aromatic heterocycles. The van der Waals surface area contributed by atoms with Crippen LogP contribution in [0.25, 0.3) is 0 Å². The SMILES string of the molecule is O=S(=O)(OCCOCCOCCCCCCCl)c1ccccc1. The van der Waals surface area contributed by atoms with E-state index in [0.29, 0.717) is 19.8 Å². The highest BCUT2D eigenvalue weighted by Crippen LogP contribution is 2.10. The lowest BCUT2D eigenvalue weighted by molar-refractivity contribution is 0.0360. The second-order valence-electron chi connectivity index (χ2n) is 4.92. The zero-order chi connectivity index (χ0) is 16.8. The van der Waals surface area contributed by atoms with E-state index in [1.807, 2.05) is 0 Å². The van der Waals surface area contributed by atoms with E-state index in [4.69, 9.17) is 25.3 Å². The summed E-state index contributed by atoms with van der Waals surface area (Å²) < 4.78 is 39.2. The van der Waals surface area contributed by atoms with Crippen LogP contribution < -0.4 is 0 Å². The number of hydrogen-bond donors (Lipinski definition) is 0. The van der Waals surface area contributed by atoms with Gasteiger partial charge < -0.3 is 9.47 Å². The fourth-order valence-corrected chi connectivity index (χ4v) is 2.93. The Labute approximate surface area is 144 Å². The average molecular weight is 365 g/mol. The Balaban J connectivity index is 1.96. The van der Waals surface area contributed by atoms with Crippen molar-refractivity contribution in [1.82, 2.24) is 0 Å². The van der Waals surface area contributed by atoms with Crippen LogP contribution in [0.4, 0.5) is 0 Å². The van der Waals surface area contributed by atoms with Gasteiger partial charge in [-0.15, -0.1) is 11.6 Å². The van der Waals surface area contributed by atoms with Gasteiger partial charge in [0.25, 0.3) is 10.1 Å². The zero-order valence-electron chi connectivity index (χ0n) is 13.3. The Kier molecular flexibility index (Phi) is 11.3. The van der Waals surface area contributed by atoms with Crippen LogP contribution in [0.15, 0.2) is 35.2 Å². The van der Waals surface area contributed by atoms with Gasteiger partial charge in [0.05, 0.1) is 31.3 Å². The Morgan fingerprint density at radius 1 is 0.783 bits per heavy atom. The number of alkyl halides is 1. The molecule has 0 bridgehead atoms. The topological polar surface area (TPSA) is 61.8 Å². The van der Waals surface area contributed by atoms with Gasteiger partial charge in [-0.05, 0) is 25.0 Å². The molecule has 0 atom stereocenters. The lowest BCUT2D eigenvalue weighted by Gasteiger charge is -2.07. The molecule has 0 radical (unpaired) electrons. The molecule has 23 heavy (non-hydrogen) atoms. The second-order valence-corrected chi connectivity index (χ2v) is 6.91. The van der Waals surface area contributed by atoms with E-state index < -0.39 is 10.1 Å². The summed E-state index contributed by atoms with van der Waals surface area (Å²) in [5.74, 6) is 0.719. The molecule has 0 fully saturated rings. The highest BCUT2D eigenvalue weighted by Gasteiger charge is 2.13. The number of halogens is 1. The lowest BCUT2D eigenvalue weighted by atomic mass is 10.2. The van der Waals surface area contributed by atoms with Gasteiger partial charge in [0.15, 0.2) is 0 Å². The summed E-state index contributed by atoms with van der Waals surface area (Å²) in [5, 5.41) is 0. The van der Waals surface area contributed by atoms with Crippen LogP contribution in [0.2, 0.25) is 0 Å². The predicted molar refractivity (Wildman–Crippen MR) is 90.4 cm³/mol. The number of ether oxygens (including phenoxy) is 2. The molecule has 5 nitrogen and oxygen atoms in total. The summed E-state index contributed by atoms with van der Waals surface area (Å²) in [6, 6.07) is 8.05. The molecule has 1 aromatic carbocycles. The Hall–Kier alpha value is -0.660. The molecule has 0 aliphatic carbocycles. The molecule has 132 valence electrons. The van der Waals surface area contributed by atoms with Gasteiger partial charge in [0.2, 0.25) is 0 Å². The van der Waals surface area contributed by atoms with Gasteiger partial charge >= 0.3 is 0 Å². The van der Waals surface area contributed by atoms with E-state index >= 15 is 0 Å². The third-order valence-electron chi connectivity index (χ3n) is 3.04. The monoisotopic (exact) mass is 364 g/mol. The smallest absolute Gasteiger partial charge is 0.297 e. The molecule has 0 spiro atoms. The van der Waals surface area contributed by atoms with Crippen molar-refractivity contribution < 1.29 is 22.1 Å². The van der Waals surface area contributed by atoms with Crippen molar-refractivity contribution in [1.29, 1.82) is 0 Å². The average Bonchev–Trinajstić information content (AvgIpc) is 2.56. The van der Waals surface area contributed by atoms with Gasteiger partial charge in [-0.2, -0.15) is 8.42 Å². The minimum atomic E-state index is -3.69. The fourth-order valence-electron chi connectivity index (χ4n) is 1.83. The van der Waals surface area contributed by atoms with Crippen molar-refractivity contribution in [3.63, 3.8) is 0 Å². The molecule has 0 saturated heterocycles. The van der Waals surface area contributed by atoms with E-state index in [-0.39, 0.29) is 18.1 Å². The molecule has 0 aliphatic rings. The summed E-state index contributed by atoms with van der Waals surface area (Å²) in [6.07, 6.45) is 4.33. The van der Waals surface area contributed by atoms with Crippen molar-refractivity contribution in [3.05, 3.63) is 30.3 Å². The Morgan fingerprint density at radius 2 is 1.39 bits per heavy atom. The van der Waals surface area contributed by atoms with Gasteiger partial charge in [-0.1, -0.05) is 31.0 Å². The highest BCUT2D eigenvalue weighted by molar-refractivity contribution is 7.86. The molecule has 1 rings (SSSR count). The first-order chi connectivity index (χ1) is 11.2. The van der Waals surface area contributed by atoms with Crippen LogP contribution in [0, 0.1) is 0 Å². The maximum atomic E-state index is 11.8. The third-order valence-corrected chi connectivity index (χ3v) is 4.64. The van der Waals surface area contributed by atoms with Gasteiger partial charge in [0.1, 0.15) is 0 Å². The molecule has 0 unspecified atom stereocenters. The van der Waals surface area contributed by atoms with Crippen molar-refractivity contribution in [2.45, 2.75) is 30.6 Å². The molecule has 0 N–H and O–H groups in total. The molecule has 0 amide bonds. The zero-order valence-corrected chi connectivity index (χ0v) is 14.9. The fraction of sp³-hybridized carbons (Fsp3) is 0.625. The molecule has 0 heterocycles. The van der Waals surface area contributed by atoms with Crippen molar-refractivity contribution >= 4 is 21.7 Å². The first-order valence-electron chi connectivity index (χ1n) is 7.83. The molecule has 0 saturated carbocycles. The standard InChI is InChI=1S/C16H25ClO5S/c17-10-6-1-2-7-11-20-12-13-21-14-15-22-23(18,19)16-8-4-3-5-9-16/h3-5,8-9H,1-2,6-7,10-15H2. The Bertz CT molecular complexity index is 492. The van der Waals surface area contributed by atoms with Crippen molar-refractivity contribution in [2.75, 3.05) is 38.9 Å². The molecule has 0 aliphatic heterocycles. The van der Waals surface area contributed by atoms with E-state index in [2.05, 4.69) is 0 Å². The van der Waals surface area contributed by atoms with E-state index in [9.17, 15) is 8.42 Å². The largest absolute Gasteiger partial charge is 0.379 e. The summed E-state index contributed by atoms with van der Waals surface area (Å²) in [7, 11) is -3.69. The quantitative estimate of drug-likeness (QED) is 0.288. The molecular formula is C16H25ClO5S. The van der Waals surface area contributed by atoms with Crippen LogP contribution in [-0.4, -0.2) is 47.3 Å². The number of rotatable bonds is 14. The first kappa shape index (κ1) is 20.4. The van der Waals surface area contributed by atoms with Gasteiger partial charge in [-0.3, -0.25) is 4.18 Å². The molecule has 1 aromatic rings. The van der Waals surface area contributed by atoms with E-state index in [1.165, 1.54) is 12.1 Å². The number of benzene rings is 1. The molecule has 7 heteroatoms. The van der Waals surface area contributed by atoms with E-state index in [1.54, 1.807) is 18.2 Å². The summed E-state index contributed by atoms with van der Waals surface area (Å²) in [5.41, 5.74) is 0. The van der Waals surface area contributed by atoms with Crippen LogP contribution in [0.1, 0.15) is 25.7 Å². The highest BCUT2D eigenvalue weighted by atomic mass is 35.5. The van der Waals surface area contributed by atoms with E-state index in [0.717, 1.165) is 31.6 Å². The van der Waals surface area contributed by atoms with Crippen molar-refractivity contribution in [3.8, 4) is 0 Å². The number of hydrogen-bond acceptors (Lipinski definition) is 5. The van der Waals surface area contributed by atoms with Crippen LogP contribution in [-0.2, 0) is 23.8 Å². The van der Waals surface area contributed by atoms with Gasteiger partial charge in [0, 0.05) is 12.5 Å². The summed E-state index contributed by atoms with van der Waals surface area (Å²) >= 11 is 5.59. The molecular weight excluding hydrogens is 340 g/mol. The maximum Gasteiger partial charge on any atom is 0.297 e. The first-order valence-corrected chi connectivity index (χ1v) is 9.77. The second kappa shape index (κ2) is 12.7. The van der Waals surface area contributed by atoms with Gasteiger partial charge in [-0.25, -0.2) is 0 Å². The van der Waals surface area contributed by atoms with Crippen molar-refractivity contribution in [2.24, 2.45) is 0 Å². The van der Waals surface area contributed by atoms with Crippen LogP contribution in [0.5, 0.6) is 0 Å². The predicted octanol–water partition coefficient (Wildman–Crippen LogP) is 3.22. The van der Waals surface area contributed by atoms with Crippen LogP contribution in [0.3, 0.4) is 0 Å². The normalized spacial score (nSPS) is 11.7. The third kappa shape index (κ3) is 9.94. The lowest BCUT2D eigenvalue weighted by Crippen LogP contribution is -2.13. The minimum Gasteiger partial charge on any atom is -0.379 e. The number of unbranched alkanes of at least 4 members (excludes halogenated alkanes) is 3. The maximum absolute atomic E-state index is 11.8. The summed E-state index contributed by atoms with van der Waals surface area (Å²) in [4.78, 5) is 0.150. The summed E-state index contributed by atoms with van der Waals surface area (Å²) in [6.45, 7) is 1.85.